The topological polar surface area (TPSA) is 47.6 Å². The monoisotopic (exact) mass is 172 g/mol. The summed E-state index contributed by atoms with van der Waals surface area (Å²) in [5, 5.41) is 0. The van der Waals surface area contributed by atoms with E-state index in [1.165, 1.54) is 32.8 Å². The SMILES string of the molecule is CCCCCCCN=C(N)OC. The molecule has 0 heterocycles. The molecule has 0 aromatic rings. The van der Waals surface area contributed by atoms with Crippen molar-refractivity contribution in [3.63, 3.8) is 0 Å². The lowest BCUT2D eigenvalue weighted by molar-refractivity contribution is 0.393. The van der Waals surface area contributed by atoms with Crippen LogP contribution in [0, 0.1) is 0 Å². The van der Waals surface area contributed by atoms with Crippen molar-refractivity contribution in [1.82, 2.24) is 0 Å². The van der Waals surface area contributed by atoms with Crippen LogP contribution in [0.4, 0.5) is 0 Å². The molecule has 0 aliphatic heterocycles. The first-order valence-electron chi connectivity index (χ1n) is 4.65. The van der Waals surface area contributed by atoms with Crippen molar-refractivity contribution < 1.29 is 4.74 Å². The summed E-state index contributed by atoms with van der Waals surface area (Å²) in [4.78, 5) is 4.01. The molecule has 0 rings (SSSR count). The number of unbranched alkanes of at least 4 members (excludes halogenated alkanes) is 4. The Labute approximate surface area is 75.0 Å². The van der Waals surface area contributed by atoms with Gasteiger partial charge in [0.2, 0.25) is 0 Å². The van der Waals surface area contributed by atoms with Gasteiger partial charge in [0.05, 0.1) is 7.11 Å². The molecule has 0 aromatic heterocycles. The van der Waals surface area contributed by atoms with Gasteiger partial charge in [0, 0.05) is 6.54 Å². The average Bonchev–Trinajstić information content (AvgIpc) is 2.10. The van der Waals surface area contributed by atoms with Gasteiger partial charge in [0.15, 0.2) is 0 Å². The molecule has 0 aromatic carbocycles. The van der Waals surface area contributed by atoms with Crippen molar-refractivity contribution >= 4 is 6.02 Å². The van der Waals surface area contributed by atoms with E-state index < -0.39 is 0 Å². The van der Waals surface area contributed by atoms with Crippen LogP contribution in [0.2, 0.25) is 0 Å². The molecule has 0 spiro atoms. The van der Waals surface area contributed by atoms with Gasteiger partial charge in [-0.3, -0.25) is 0 Å². The Morgan fingerprint density at radius 1 is 1.25 bits per heavy atom. The van der Waals surface area contributed by atoms with Crippen molar-refractivity contribution in [3.8, 4) is 0 Å². The molecule has 0 bridgehead atoms. The lowest BCUT2D eigenvalue weighted by Gasteiger charge is -1.98. The van der Waals surface area contributed by atoms with E-state index in [1.54, 1.807) is 0 Å². The Hall–Kier alpha value is -0.730. The first-order chi connectivity index (χ1) is 5.81. The maximum Gasteiger partial charge on any atom is 0.281 e. The second-order valence-electron chi connectivity index (χ2n) is 2.84. The average molecular weight is 172 g/mol. The number of methoxy groups -OCH3 is 1. The van der Waals surface area contributed by atoms with Gasteiger partial charge in [-0.15, -0.1) is 0 Å². The molecular formula is C9H20N2O. The second kappa shape index (κ2) is 8.37. The van der Waals surface area contributed by atoms with Crippen LogP contribution in [0.15, 0.2) is 4.99 Å². The van der Waals surface area contributed by atoms with Gasteiger partial charge in [0.1, 0.15) is 0 Å². The molecule has 3 nitrogen and oxygen atoms in total. The van der Waals surface area contributed by atoms with Crippen LogP contribution in [0.3, 0.4) is 0 Å². The number of ether oxygens (including phenoxy) is 1. The number of amidine groups is 1. The Morgan fingerprint density at radius 3 is 2.50 bits per heavy atom. The van der Waals surface area contributed by atoms with E-state index >= 15 is 0 Å². The summed E-state index contributed by atoms with van der Waals surface area (Å²) < 4.78 is 4.71. The third-order valence-corrected chi connectivity index (χ3v) is 1.74. The Bertz CT molecular complexity index is 124. The lowest BCUT2D eigenvalue weighted by atomic mass is 10.2. The minimum atomic E-state index is 0.297. The standard InChI is InChI=1S/C9H20N2O/c1-3-4-5-6-7-8-11-9(10)12-2/h3-8H2,1-2H3,(H2,10,11). The molecule has 0 unspecified atom stereocenters. The summed E-state index contributed by atoms with van der Waals surface area (Å²) in [6, 6.07) is 0.297. The smallest absolute Gasteiger partial charge is 0.281 e. The number of aliphatic imine (C=N–C) groups is 1. The van der Waals surface area contributed by atoms with Crippen LogP contribution in [0.5, 0.6) is 0 Å². The zero-order valence-corrected chi connectivity index (χ0v) is 8.18. The number of nitrogens with two attached hydrogens (primary N) is 1. The highest BCUT2D eigenvalue weighted by Gasteiger charge is 1.89. The summed E-state index contributed by atoms with van der Waals surface area (Å²) in [7, 11) is 1.54. The van der Waals surface area contributed by atoms with E-state index in [4.69, 9.17) is 10.5 Å². The predicted octanol–water partition coefficient (Wildman–Crippen LogP) is 1.92. The Kier molecular flexibility index (Phi) is 7.86. The fourth-order valence-corrected chi connectivity index (χ4v) is 0.969. The molecule has 0 aliphatic rings. The van der Waals surface area contributed by atoms with Gasteiger partial charge < -0.3 is 10.5 Å². The molecule has 0 atom stereocenters. The summed E-state index contributed by atoms with van der Waals surface area (Å²) >= 11 is 0. The highest BCUT2D eigenvalue weighted by molar-refractivity contribution is 5.71. The summed E-state index contributed by atoms with van der Waals surface area (Å²) in [5.41, 5.74) is 5.34. The van der Waals surface area contributed by atoms with Gasteiger partial charge in [0.25, 0.3) is 6.02 Å². The molecule has 0 radical (unpaired) electrons. The van der Waals surface area contributed by atoms with Crippen molar-refractivity contribution in [3.05, 3.63) is 0 Å². The van der Waals surface area contributed by atoms with Crippen LogP contribution in [-0.2, 0) is 4.74 Å². The molecule has 72 valence electrons. The van der Waals surface area contributed by atoms with Crippen molar-refractivity contribution in [2.24, 2.45) is 10.7 Å². The van der Waals surface area contributed by atoms with Crippen LogP contribution >= 0.6 is 0 Å². The molecule has 0 amide bonds. The number of hydrogen-bond donors (Lipinski definition) is 1. The van der Waals surface area contributed by atoms with Crippen molar-refractivity contribution in [2.45, 2.75) is 39.0 Å². The van der Waals surface area contributed by atoms with Gasteiger partial charge in [-0.05, 0) is 6.42 Å². The first-order valence-corrected chi connectivity index (χ1v) is 4.65. The summed E-state index contributed by atoms with van der Waals surface area (Å²) in [6.45, 7) is 3.00. The van der Waals surface area contributed by atoms with Crippen LogP contribution in [-0.4, -0.2) is 19.7 Å². The third-order valence-electron chi connectivity index (χ3n) is 1.74. The zero-order chi connectivity index (χ0) is 9.23. The van der Waals surface area contributed by atoms with Gasteiger partial charge >= 0.3 is 0 Å². The fraction of sp³-hybridized carbons (Fsp3) is 0.889. The van der Waals surface area contributed by atoms with Crippen LogP contribution in [0.25, 0.3) is 0 Å². The van der Waals surface area contributed by atoms with Gasteiger partial charge in [-0.25, -0.2) is 4.99 Å². The normalized spacial score (nSPS) is 11.7. The van der Waals surface area contributed by atoms with E-state index in [2.05, 4.69) is 11.9 Å². The lowest BCUT2D eigenvalue weighted by Crippen LogP contribution is -2.14. The van der Waals surface area contributed by atoms with E-state index in [-0.39, 0.29) is 0 Å². The third kappa shape index (κ3) is 7.38. The summed E-state index contributed by atoms with van der Waals surface area (Å²) in [5.74, 6) is 0. The van der Waals surface area contributed by atoms with Gasteiger partial charge in [-0.1, -0.05) is 32.6 Å². The molecule has 0 saturated carbocycles. The fourth-order valence-electron chi connectivity index (χ4n) is 0.969. The second-order valence-corrected chi connectivity index (χ2v) is 2.84. The first kappa shape index (κ1) is 11.3. The van der Waals surface area contributed by atoms with E-state index in [9.17, 15) is 0 Å². The Balaban J connectivity index is 3.10. The van der Waals surface area contributed by atoms with E-state index in [0.29, 0.717) is 6.02 Å². The van der Waals surface area contributed by atoms with Crippen molar-refractivity contribution in [2.75, 3.05) is 13.7 Å². The molecule has 0 aliphatic carbocycles. The summed E-state index contributed by atoms with van der Waals surface area (Å²) in [6.07, 6.45) is 6.27. The van der Waals surface area contributed by atoms with Crippen LogP contribution < -0.4 is 5.73 Å². The number of rotatable bonds is 6. The van der Waals surface area contributed by atoms with Gasteiger partial charge in [-0.2, -0.15) is 0 Å². The highest BCUT2D eigenvalue weighted by Crippen LogP contribution is 2.01. The maximum absolute atomic E-state index is 5.34. The molecular weight excluding hydrogens is 152 g/mol. The largest absolute Gasteiger partial charge is 0.469 e. The molecule has 0 saturated heterocycles. The minimum Gasteiger partial charge on any atom is -0.469 e. The molecule has 2 N–H and O–H groups in total. The quantitative estimate of drug-likeness (QED) is 0.378. The van der Waals surface area contributed by atoms with Crippen LogP contribution in [0.1, 0.15) is 39.0 Å². The number of nitrogens with zero attached hydrogens (tertiary/aromatic N) is 1. The van der Waals surface area contributed by atoms with E-state index in [0.717, 1.165) is 13.0 Å². The Morgan fingerprint density at radius 2 is 1.92 bits per heavy atom. The minimum absolute atomic E-state index is 0.297. The maximum atomic E-state index is 5.34. The highest BCUT2D eigenvalue weighted by atomic mass is 16.5. The molecule has 0 fully saturated rings. The molecule has 12 heavy (non-hydrogen) atoms. The number of hydrogen-bond acceptors (Lipinski definition) is 2. The molecule has 3 heteroatoms. The van der Waals surface area contributed by atoms with Crippen molar-refractivity contribution in [1.29, 1.82) is 0 Å². The van der Waals surface area contributed by atoms with E-state index in [1.807, 2.05) is 0 Å². The zero-order valence-electron chi connectivity index (χ0n) is 8.18. The predicted molar refractivity (Wildman–Crippen MR) is 52.3 cm³/mol.